The minimum Gasteiger partial charge on any atom is -0.481 e. The van der Waals surface area contributed by atoms with Crippen LogP contribution in [-0.2, 0) is 11.2 Å². The summed E-state index contributed by atoms with van der Waals surface area (Å²) in [5, 5.41) is 8.56. The summed E-state index contributed by atoms with van der Waals surface area (Å²) in [6.07, 6.45) is 3.20. The summed E-state index contributed by atoms with van der Waals surface area (Å²) in [4.78, 5) is 17.0. The van der Waals surface area contributed by atoms with Gasteiger partial charge in [-0.25, -0.2) is 4.98 Å². The van der Waals surface area contributed by atoms with Crippen molar-refractivity contribution in [1.29, 1.82) is 0 Å². The fourth-order valence-electron chi connectivity index (χ4n) is 2.00. The molecule has 0 spiro atoms. The van der Waals surface area contributed by atoms with E-state index in [4.69, 9.17) is 9.52 Å². The first kappa shape index (κ1) is 11.1. The number of hydrogen-bond acceptors (Lipinski definition) is 4. The number of carboxylic acids is 1. The Morgan fingerprint density at radius 1 is 1.75 bits per heavy atom. The Morgan fingerprint density at radius 3 is 3.19 bits per heavy atom. The van der Waals surface area contributed by atoms with Crippen LogP contribution in [0.3, 0.4) is 0 Å². The highest BCUT2D eigenvalue weighted by Crippen LogP contribution is 2.25. The fourth-order valence-corrected chi connectivity index (χ4v) is 2.00. The molecule has 1 N–H and O–H groups in total. The SMILES string of the molecule is CN1CCC(c2nc(CCC(=O)O)co2)C1. The number of likely N-dealkylation sites (N-methyl/N-ethyl adjacent to an activating group) is 1. The van der Waals surface area contributed by atoms with Gasteiger partial charge in [0.15, 0.2) is 5.89 Å². The van der Waals surface area contributed by atoms with Crippen LogP contribution in [0.1, 0.15) is 30.3 Å². The average molecular weight is 224 g/mol. The van der Waals surface area contributed by atoms with Gasteiger partial charge in [-0.3, -0.25) is 4.79 Å². The molecule has 1 aromatic heterocycles. The Hall–Kier alpha value is -1.36. The molecule has 1 aromatic rings. The maximum atomic E-state index is 10.4. The third kappa shape index (κ3) is 2.61. The zero-order valence-corrected chi connectivity index (χ0v) is 9.35. The van der Waals surface area contributed by atoms with E-state index < -0.39 is 5.97 Å². The van der Waals surface area contributed by atoms with Crippen molar-refractivity contribution in [2.75, 3.05) is 20.1 Å². The molecule has 0 saturated carbocycles. The van der Waals surface area contributed by atoms with Gasteiger partial charge in [0.05, 0.1) is 12.1 Å². The maximum absolute atomic E-state index is 10.4. The van der Waals surface area contributed by atoms with Gasteiger partial charge in [-0.1, -0.05) is 0 Å². The molecule has 5 heteroatoms. The van der Waals surface area contributed by atoms with E-state index in [1.54, 1.807) is 6.26 Å². The number of oxazole rings is 1. The lowest BCUT2D eigenvalue weighted by atomic mass is 10.1. The van der Waals surface area contributed by atoms with Crippen molar-refractivity contribution in [2.45, 2.75) is 25.2 Å². The quantitative estimate of drug-likeness (QED) is 0.829. The van der Waals surface area contributed by atoms with Crippen molar-refractivity contribution >= 4 is 5.97 Å². The van der Waals surface area contributed by atoms with Crippen molar-refractivity contribution < 1.29 is 14.3 Å². The van der Waals surface area contributed by atoms with Crippen molar-refractivity contribution in [2.24, 2.45) is 0 Å². The lowest BCUT2D eigenvalue weighted by Crippen LogP contribution is -2.13. The highest BCUT2D eigenvalue weighted by atomic mass is 16.4. The van der Waals surface area contributed by atoms with E-state index in [0.717, 1.165) is 31.1 Å². The van der Waals surface area contributed by atoms with Crippen LogP contribution in [0.5, 0.6) is 0 Å². The second-order valence-corrected chi connectivity index (χ2v) is 4.32. The van der Waals surface area contributed by atoms with E-state index in [-0.39, 0.29) is 6.42 Å². The zero-order chi connectivity index (χ0) is 11.5. The molecular formula is C11H16N2O3. The topological polar surface area (TPSA) is 66.6 Å². The molecule has 5 nitrogen and oxygen atoms in total. The number of aryl methyl sites for hydroxylation is 1. The first-order valence-corrected chi connectivity index (χ1v) is 5.50. The average Bonchev–Trinajstić information content (AvgIpc) is 2.83. The molecule has 1 unspecified atom stereocenters. The molecule has 0 aromatic carbocycles. The second kappa shape index (κ2) is 4.65. The van der Waals surface area contributed by atoms with Gasteiger partial charge >= 0.3 is 5.97 Å². The normalized spacial score (nSPS) is 21.4. The molecule has 16 heavy (non-hydrogen) atoms. The van der Waals surface area contributed by atoms with Gasteiger partial charge in [0.2, 0.25) is 0 Å². The standard InChI is InChI=1S/C11H16N2O3/c1-13-5-4-8(6-13)11-12-9(7-16-11)2-3-10(14)15/h7-8H,2-6H2,1H3,(H,14,15). The van der Waals surface area contributed by atoms with Gasteiger partial charge in [0.1, 0.15) is 6.26 Å². The summed E-state index contributed by atoms with van der Waals surface area (Å²) in [6, 6.07) is 0. The molecule has 1 aliphatic rings. The van der Waals surface area contributed by atoms with Crippen molar-refractivity contribution in [1.82, 2.24) is 9.88 Å². The molecule has 2 rings (SSSR count). The molecule has 1 fully saturated rings. The van der Waals surface area contributed by atoms with Gasteiger partial charge in [-0.05, 0) is 20.0 Å². The maximum Gasteiger partial charge on any atom is 0.303 e. The number of hydrogen-bond donors (Lipinski definition) is 1. The third-order valence-corrected chi connectivity index (χ3v) is 2.91. The lowest BCUT2D eigenvalue weighted by molar-refractivity contribution is -0.136. The zero-order valence-electron chi connectivity index (χ0n) is 9.35. The van der Waals surface area contributed by atoms with Crippen LogP contribution in [-0.4, -0.2) is 41.1 Å². The number of aromatic nitrogens is 1. The first-order valence-electron chi connectivity index (χ1n) is 5.50. The van der Waals surface area contributed by atoms with Gasteiger partial charge in [-0.2, -0.15) is 0 Å². The molecule has 1 saturated heterocycles. The largest absolute Gasteiger partial charge is 0.481 e. The van der Waals surface area contributed by atoms with Crippen LogP contribution in [0.2, 0.25) is 0 Å². The minimum absolute atomic E-state index is 0.108. The monoisotopic (exact) mass is 224 g/mol. The van der Waals surface area contributed by atoms with Crippen LogP contribution in [0.25, 0.3) is 0 Å². The second-order valence-electron chi connectivity index (χ2n) is 4.32. The lowest BCUT2D eigenvalue weighted by Gasteiger charge is -2.05. The van der Waals surface area contributed by atoms with Crippen molar-refractivity contribution in [3.05, 3.63) is 17.8 Å². The van der Waals surface area contributed by atoms with Gasteiger partial charge < -0.3 is 14.4 Å². The summed E-state index contributed by atoms with van der Waals surface area (Å²) in [5.74, 6) is 0.318. The number of aliphatic carboxylic acids is 1. The Labute approximate surface area is 94.1 Å². The number of carbonyl (C=O) groups is 1. The Balaban J connectivity index is 1.94. The molecule has 0 amide bonds. The van der Waals surface area contributed by atoms with E-state index >= 15 is 0 Å². The Morgan fingerprint density at radius 2 is 2.56 bits per heavy atom. The van der Waals surface area contributed by atoms with Crippen LogP contribution in [0.4, 0.5) is 0 Å². The third-order valence-electron chi connectivity index (χ3n) is 2.91. The summed E-state index contributed by atoms with van der Waals surface area (Å²) >= 11 is 0. The molecule has 0 bridgehead atoms. The highest BCUT2D eigenvalue weighted by molar-refractivity contribution is 5.66. The highest BCUT2D eigenvalue weighted by Gasteiger charge is 2.25. The number of carboxylic acid groups (broad SMARTS) is 1. The molecule has 0 aliphatic carbocycles. The van der Waals surface area contributed by atoms with Gasteiger partial charge in [-0.15, -0.1) is 0 Å². The Kier molecular flexibility index (Phi) is 3.24. The van der Waals surface area contributed by atoms with Crippen LogP contribution < -0.4 is 0 Å². The fraction of sp³-hybridized carbons (Fsp3) is 0.636. The summed E-state index contributed by atoms with van der Waals surface area (Å²) in [7, 11) is 2.08. The van der Waals surface area contributed by atoms with Crippen molar-refractivity contribution in [3.8, 4) is 0 Å². The number of rotatable bonds is 4. The molecule has 88 valence electrons. The van der Waals surface area contributed by atoms with E-state index in [9.17, 15) is 4.79 Å². The van der Waals surface area contributed by atoms with E-state index in [2.05, 4.69) is 16.9 Å². The molecular weight excluding hydrogens is 208 g/mol. The molecule has 0 radical (unpaired) electrons. The predicted octanol–water partition coefficient (Wildman–Crippen LogP) is 1.11. The van der Waals surface area contributed by atoms with Crippen LogP contribution >= 0.6 is 0 Å². The Bertz CT molecular complexity index is 375. The smallest absolute Gasteiger partial charge is 0.303 e. The summed E-state index contributed by atoms with van der Waals surface area (Å²) in [5.41, 5.74) is 0.743. The molecule has 2 heterocycles. The minimum atomic E-state index is -0.801. The van der Waals surface area contributed by atoms with E-state index in [1.807, 2.05) is 0 Å². The van der Waals surface area contributed by atoms with Gasteiger partial charge in [0, 0.05) is 18.9 Å². The molecule has 1 aliphatic heterocycles. The summed E-state index contributed by atoms with van der Waals surface area (Å²) in [6.45, 7) is 2.04. The van der Waals surface area contributed by atoms with E-state index in [1.165, 1.54) is 0 Å². The first-order chi connectivity index (χ1) is 7.65. The number of nitrogens with zero attached hydrogens (tertiary/aromatic N) is 2. The van der Waals surface area contributed by atoms with Gasteiger partial charge in [0.25, 0.3) is 0 Å². The summed E-state index contributed by atoms with van der Waals surface area (Å²) < 4.78 is 5.40. The predicted molar refractivity (Wildman–Crippen MR) is 57.3 cm³/mol. The van der Waals surface area contributed by atoms with Crippen LogP contribution in [0.15, 0.2) is 10.7 Å². The van der Waals surface area contributed by atoms with Crippen molar-refractivity contribution in [3.63, 3.8) is 0 Å². The van der Waals surface area contributed by atoms with E-state index in [0.29, 0.717) is 12.3 Å². The number of likely N-dealkylation sites (tertiary alicyclic amines) is 1. The molecule has 1 atom stereocenters. The van der Waals surface area contributed by atoms with Crippen LogP contribution in [0, 0.1) is 0 Å².